The highest BCUT2D eigenvalue weighted by Gasteiger charge is 2.39. The lowest BCUT2D eigenvalue weighted by Gasteiger charge is -2.32. The Morgan fingerprint density at radius 2 is 1.94 bits per heavy atom. The molecular formula is C21H19F3N4O3S. The molecule has 1 fully saturated rings. The van der Waals surface area contributed by atoms with Crippen LogP contribution in [0.2, 0.25) is 0 Å². The number of hydrogen-bond acceptors (Lipinski definition) is 7. The average Bonchev–Trinajstić information content (AvgIpc) is 3.25. The number of thiazole rings is 1. The first-order valence-electron chi connectivity index (χ1n) is 9.83. The largest absolute Gasteiger partial charge is 0.481 e. The van der Waals surface area contributed by atoms with Crippen LogP contribution in [0.5, 0.6) is 0 Å². The Morgan fingerprint density at radius 1 is 1.19 bits per heavy atom. The number of rotatable bonds is 5. The number of nitrogens with zero attached hydrogens (tertiary/aromatic N) is 3. The summed E-state index contributed by atoms with van der Waals surface area (Å²) >= 11 is 1.31. The molecule has 0 bridgehead atoms. The molecule has 0 radical (unpaired) electrons. The summed E-state index contributed by atoms with van der Waals surface area (Å²) in [4.78, 5) is 23.6. The molecule has 0 aliphatic heterocycles. The highest BCUT2D eigenvalue weighted by molar-refractivity contribution is 7.15. The van der Waals surface area contributed by atoms with Crippen molar-refractivity contribution in [2.45, 2.75) is 37.5 Å². The molecule has 3 aromatic rings. The van der Waals surface area contributed by atoms with Gasteiger partial charge >= 0.3 is 12.1 Å². The Balaban J connectivity index is 1.51. The third kappa shape index (κ3) is 4.73. The number of benzene rings is 1. The van der Waals surface area contributed by atoms with E-state index in [1.165, 1.54) is 11.3 Å². The van der Waals surface area contributed by atoms with Gasteiger partial charge in [-0.15, -0.1) is 11.3 Å². The lowest BCUT2D eigenvalue weighted by molar-refractivity contribution is -0.145. The number of hydrogen-bond donors (Lipinski definition) is 3. The maximum atomic E-state index is 12.9. The first-order valence-corrected chi connectivity index (χ1v) is 10.6. The Kier molecular flexibility index (Phi) is 5.87. The number of carboxylic acid groups (broad SMARTS) is 1. The van der Waals surface area contributed by atoms with Crippen LogP contribution in [0.1, 0.15) is 36.4 Å². The first kappa shape index (κ1) is 22.2. The Labute approximate surface area is 185 Å². The lowest BCUT2D eigenvalue weighted by atomic mass is 9.79. The van der Waals surface area contributed by atoms with Crippen LogP contribution in [0.25, 0.3) is 10.4 Å². The van der Waals surface area contributed by atoms with Crippen molar-refractivity contribution in [3.05, 3.63) is 53.4 Å². The van der Waals surface area contributed by atoms with Crippen molar-refractivity contribution in [1.29, 1.82) is 0 Å². The summed E-state index contributed by atoms with van der Waals surface area (Å²) < 4.78 is 38.6. The van der Waals surface area contributed by atoms with Crippen molar-refractivity contribution in [2.75, 3.05) is 5.32 Å². The summed E-state index contributed by atoms with van der Waals surface area (Å²) in [5, 5.41) is 23.4. The maximum Gasteiger partial charge on any atom is 0.433 e. The highest BCUT2D eigenvalue weighted by atomic mass is 32.1. The van der Waals surface area contributed by atoms with Gasteiger partial charge < -0.3 is 15.5 Å². The van der Waals surface area contributed by atoms with Crippen LogP contribution in [-0.4, -0.2) is 31.1 Å². The molecular weight excluding hydrogens is 445 g/mol. The molecule has 7 nitrogen and oxygen atoms in total. The van der Waals surface area contributed by atoms with E-state index in [0.717, 1.165) is 22.7 Å². The summed E-state index contributed by atoms with van der Waals surface area (Å²) in [5.41, 5.74) is -0.938. The second kappa shape index (κ2) is 8.47. The molecule has 4 rings (SSSR count). The number of alkyl halides is 3. The van der Waals surface area contributed by atoms with Crippen LogP contribution < -0.4 is 5.32 Å². The number of anilines is 2. The normalized spacial score (nSPS) is 21.3. The van der Waals surface area contributed by atoms with Crippen molar-refractivity contribution >= 4 is 28.9 Å². The number of aliphatic hydroxyl groups is 1. The van der Waals surface area contributed by atoms with Crippen LogP contribution in [0.4, 0.5) is 24.8 Å². The summed E-state index contributed by atoms with van der Waals surface area (Å²) in [6.45, 7) is 0. The zero-order valence-electron chi connectivity index (χ0n) is 16.6. The van der Waals surface area contributed by atoms with Gasteiger partial charge in [-0.1, -0.05) is 12.1 Å². The minimum absolute atomic E-state index is 0.175. The number of aromatic nitrogens is 3. The monoisotopic (exact) mass is 464 g/mol. The number of carboxylic acids is 1. The van der Waals surface area contributed by atoms with E-state index in [4.69, 9.17) is 5.11 Å². The van der Waals surface area contributed by atoms with E-state index in [-0.39, 0.29) is 5.95 Å². The van der Waals surface area contributed by atoms with E-state index in [2.05, 4.69) is 20.3 Å². The number of halogens is 3. The third-order valence-corrected chi connectivity index (χ3v) is 6.65. The van der Waals surface area contributed by atoms with Crippen molar-refractivity contribution in [2.24, 2.45) is 5.92 Å². The van der Waals surface area contributed by atoms with Crippen LogP contribution in [0, 0.1) is 5.92 Å². The average molecular weight is 464 g/mol. The minimum Gasteiger partial charge on any atom is -0.481 e. The second-order valence-corrected chi connectivity index (χ2v) is 8.67. The predicted octanol–water partition coefficient (Wildman–Crippen LogP) is 4.82. The molecule has 3 N–H and O–H groups in total. The van der Waals surface area contributed by atoms with E-state index in [0.29, 0.717) is 36.4 Å². The van der Waals surface area contributed by atoms with E-state index >= 15 is 0 Å². The number of aliphatic carboxylic acids is 1. The Morgan fingerprint density at radius 3 is 2.62 bits per heavy atom. The van der Waals surface area contributed by atoms with Gasteiger partial charge in [-0.3, -0.25) is 4.79 Å². The quantitative estimate of drug-likeness (QED) is 0.497. The molecule has 32 heavy (non-hydrogen) atoms. The van der Waals surface area contributed by atoms with E-state index in [1.54, 1.807) is 24.4 Å². The van der Waals surface area contributed by atoms with Crippen molar-refractivity contribution in [3.8, 4) is 10.4 Å². The van der Waals surface area contributed by atoms with Gasteiger partial charge in [0.15, 0.2) is 0 Å². The predicted molar refractivity (Wildman–Crippen MR) is 111 cm³/mol. The van der Waals surface area contributed by atoms with E-state index < -0.39 is 29.4 Å². The SMILES string of the molecule is O=C(O)[C@H]1CC[C@@](O)(c2ncc(-c3cccc(Nc4nccc(C(F)(F)F)n4)c3)s2)CC1. The van der Waals surface area contributed by atoms with E-state index in [1.807, 2.05) is 6.07 Å². The zero-order valence-corrected chi connectivity index (χ0v) is 17.5. The van der Waals surface area contributed by atoms with Gasteiger partial charge in [0.25, 0.3) is 0 Å². The fourth-order valence-electron chi connectivity index (χ4n) is 3.64. The summed E-state index contributed by atoms with van der Waals surface area (Å²) in [6, 6.07) is 7.76. The highest BCUT2D eigenvalue weighted by Crippen LogP contribution is 2.42. The standard InChI is InChI=1S/C21H19F3N4O3S/c22-21(23,24)16-6-9-25-19(28-16)27-14-3-1-2-13(10-14)15-11-26-18(32-15)20(31)7-4-12(5-8-20)17(29)30/h1-3,6,9-12,31H,4-5,7-8H2,(H,29,30)(H,25,27,28)/t12-,20-. The molecule has 11 heteroatoms. The Bertz CT molecular complexity index is 1130. The summed E-state index contributed by atoms with van der Waals surface area (Å²) in [7, 11) is 0. The van der Waals surface area contributed by atoms with Crippen LogP contribution in [0.15, 0.2) is 42.7 Å². The number of nitrogens with one attached hydrogen (secondary N) is 1. The van der Waals surface area contributed by atoms with Crippen molar-refractivity contribution in [3.63, 3.8) is 0 Å². The smallest absolute Gasteiger partial charge is 0.433 e. The molecule has 0 saturated heterocycles. The fraction of sp³-hybridized carbons (Fsp3) is 0.333. The zero-order chi connectivity index (χ0) is 22.9. The fourth-order valence-corrected chi connectivity index (χ4v) is 4.69. The molecule has 2 aromatic heterocycles. The summed E-state index contributed by atoms with van der Waals surface area (Å²) in [5.74, 6) is -1.47. The van der Waals surface area contributed by atoms with Gasteiger partial charge in [-0.05, 0) is 49.4 Å². The minimum atomic E-state index is -4.57. The van der Waals surface area contributed by atoms with Crippen LogP contribution in [0.3, 0.4) is 0 Å². The van der Waals surface area contributed by atoms with Gasteiger partial charge in [0, 0.05) is 18.1 Å². The first-order chi connectivity index (χ1) is 15.1. The lowest BCUT2D eigenvalue weighted by Crippen LogP contribution is -2.33. The van der Waals surface area contributed by atoms with Gasteiger partial charge in [-0.25, -0.2) is 15.0 Å². The van der Waals surface area contributed by atoms with Gasteiger partial charge in [0.05, 0.1) is 10.8 Å². The molecule has 1 aliphatic carbocycles. The Hall–Kier alpha value is -3.05. The van der Waals surface area contributed by atoms with Crippen molar-refractivity contribution in [1.82, 2.24) is 15.0 Å². The molecule has 0 amide bonds. The molecule has 0 atom stereocenters. The molecule has 0 spiro atoms. The van der Waals surface area contributed by atoms with Gasteiger partial charge in [0.2, 0.25) is 5.95 Å². The molecule has 168 valence electrons. The second-order valence-electron chi connectivity index (χ2n) is 7.64. The van der Waals surface area contributed by atoms with Gasteiger partial charge in [0.1, 0.15) is 16.3 Å². The third-order valence-electron chi connectivity index (χ3n) is 5.42. The maximum absolute atomic E-state index is 12.9. The van der Waals surface area contributed by atoms with Crippen molar-refractivity contribution < 1.29 is 28.2 Å². The molecule has 0 unspecified atom stereocenters. The topological polar surface area (TPSA) is 108 Å². The molecule has 1 aliphatic rings. The molecule has 1 saturated carbocycles. The molecule has 2 heterocycles. The van der Waals surface area contributed by atoms with E-state index in [9.17, 15) is 23.1 Å². The van der Waals surface area contributed by atoms with Gasteiger partial charge in [-0.2, -0.15) is 13.2 Å². The van der Waals surface area contributed by atoms with Crippen LogP contribution >= 0.6 is 11.3 Å². The number of carbonyl (C=O) groups is 1. The van der Waals surface area contributed by atoms with Crippen LogP contribution in [-0.2, 0) is 16.6 Å². The summed E-state index contributed by atoms with van der Waals surface area (Å²) in [6.07, 6.45) is -0.479. The molecule has 1 aromatic carbocycles.